The monoisotopic (exact) mass is 404 g/mol. The van der Waals surface area contributed by atoms with Crippen LogP contribution in [0.2, 0.25) is 0 Å². The van der Waals surface area contributed by atoms with E-state index in [2.05, 4.69) is 15.5 Å². The molecule has 2 aliphatic rings. The topological polar surface area (TPSA) is 109 Å². The van der Waals surface area contributed by atoms with Gasteiger partial charge in [0.05, 0.1) is 17.3 Å². The molecule has 1 aromatic heterocycles. The second-order valence-electron chi connectivity index (χ2n) is 6.16. The zero-order valence-electron chi connectivity index (χ0n) is 13.8. The van der Waals surface area contributed by atoms with E-state index in [0.29, 0.717) is 22.3 Å². The molecule has 2 fully saturated rings. The average molecular weight is 405 g/mol. The van der Waals surface area contributed by atoms with Crippen molar-refractivity contribution >= 4 is 49.9 Å². The minimum Gasteiger partial charge on any atom is -0.352 e. The molecule has 1 aromatic rings. The Bertz CT molecular complexity index is 760. The first-order chi connectivity index (χ1) is 11.9. The highest BCUT2D eigenvalue weighted by atomic mass is 32.2. The van der Waals surface area contributed by atoms with E-state index in [0.717, 1.165) is 12.8 Å². The number of carbonyl (C=O) groups is 2. The molecule has 1 saturated carbocycles. The van der Waals surface area contributed by atoms with Gasteiger partial charge in [-0.25, -0.2) is 8.42 Å². The zero-order valence-corrected chi connectivity index (χ0v) is 16.3. The van der Waals surface area contributed by atoms with E-state index in [4.69, 9.17) is 0 Å². The standard InChI is InChI=1S/C14H20N4O4S3/c1-2-12(20)18(10-3-4-10)13-16-17-14(24-13)23-7-11(19)15-9-5-6-25(21,22)8-9/h9-10H,2-8H2,1H3,(H,15,19)/t9-/m1/s1. The van der Waals surface area contributed by atoms with Gasteiger partial charge >= 0.3 is 0 Å². The molecule has 1 aliphatic carbocycles. The Hall–Kier alpha value is -1.20. The summed E-state index contributed by atoms with van der Waals surface area (Å²) in [6.45, 7) is 1.82. The van der Waals surface area contributed by atoms with E-state index in [1.807, 2.05) is 6.92 Å². The molecule has 1 saturated heterocycles. The van der Waals surface area contributed by atoms with Crippen LogP contribution >= 0.6 is 23.1 Å². The Morgan fingerprint density at radius 3 is 2.68 bits per heavy atom. The molecule has 1 aliphatic heterocycles. The van der Waals surface area contributed by atoms with Crippen molar-refractivity contribution in [2.75, 3.05) is 22.2 Å². The van der Waals surface area contributed by atoms with E-state index in [-0.39, 0.29) is 41.2 Å². The number of carbonyl (C=O) groups excluding carboxylic acids is 2. The predicted octanol–water partition coefficient (Wildman–Crippen LogP) is 0.839. The van der Waals surface area contributed by atoms with E-state index >= 15 is 0 Å². The normalized spacial score (nSPS) is 21.9. The number of rotatable bonds is 7. The Kier molecular flexibility index (Phi) is 5.64. The number of nitrogens with one attached hydrogen (secondary N) is 1. The van der Waals surface area contributed by atoms with Crippen LogP contribution in [-0.2, 0) is 19.4 Å². The fourth-order valence-corrected chi connectivity index (χ4v) is 6.05. The van der Waals surface area contributed by atoms with Crippen LogP contribution in [0.4, 0.5) is 5.13 Å². The molecule has 25 heavy (non-hydrogen) atoms. The fourth-order valence-electron chi connectivity index (χ4n) is 2.63. The first-order valence-corrected chi connectivity index (χ1v) is 11.8. The summed E-state index contributed by atoms with van der Waals surface area (Å²) >= 11 is 2.55. The van der Waals surface area contributed by atoms with Gasteiger partial charge in [-0.15, -0.1) is 10.2 Å². The van der Waals surface area contributed by atoms with Gasteiger partial charge < -0.3 is 5.32 Å². The molecule has 0 aromatic carbocycles. The lowest BCUT2D eigenvalue weighted by molar-refractivity contribution is -0.119. The SMILES string of the molecule is CCC(=O)N(c1nnc(SCC(=O)N[C@@H]2CCS(=O)(=O)C2)s1)C1CC1. The van der Waals surface area contributed by atoms with Crippen molar-refractivity contribution in [1.82, 2.24) is 15.5 Å². The van der Waals surface area contributed by atoms with E-state index in [9.17, 15) is 18.0 Å². The van der Waals surface area contributed by atoms with Crippen molar-refractivity contribution in [3.05, 3.63) is 0 Å². The molecular formula is C14H20N4O4S3. The highest BCUT2D eigenvalue weighted by molar-refractivity contribution is 8.01. The van der Waals surface area contributed by atoms with E-state index in [1.54, 1.807) is 4.90 Å². The summed E-state index contributed by atoms with van der Waals surface area (Å²) in [6, 6.07) is -0.0681. The third-order valence-electron chi connectivity index (χ3n) is 4.01. The Balaban J connectivity index is 1.51. The molecule has 1 atom stereocenters. The van der Waals surface area contributed by atoms with Crippen molar-refractivity contribution in [3.63, 3.8) is 0 Å². The second-order valence-corrected chi connectivity index (χ2v) is 10.6. The van der Waals surface area contributed by atoms with Crippen LogP contribution in [0.3, 0.4) is 0 Å². The number of hydrogen-bond acceptors (Lipinski definition) is 8. The number of anilines is 1. The lowest BCUT2D eigenvalue weighted by Crippen LogP contribution is -2.36. The van der Waals surface area contributed by atoms with Gasteiger partial charge in [-0.3, -0.25) is 14.5 Å². The number of sulfone groups is 1. The quantitative estimate of drug-likeness (QED) is 0.530. The number of thioether (sulfide) groups is 1. The van der Waals surface area contributed by atoms with Gasteiger partial charge in [0.15, 0.2) is 14.2 Å². The molecule has 0 bridgehead atoms. The molecule has 2 amide bonds. The number of hydrogen-bond donors (Lipinski definition) is 1. The molecule has 3 rings (SSSR count). The van der Waals surface area contributed by atoms with Crippen molar-refractivity contribution in [2.45, 2.75) is 49.0 Å². The van der Waals surface area contributed by atoms with Crippen LogP contribution in [0.15, 0.2) is 4.34 Å². The van der Waals surface area contributed by atoms with Crippen LogP contribution < -0.4 is 10.2 Å². The summed E-state index contributed by atoms with van der Waals surface area (Å²) in [5.74, 6) is 0.119. The largest absolute Gasteiger partial charge is 0.352 e. The maximum atomic E-state index is 12.1. The minimum absolute atomic E-state index is 0.0157. The van der Waals surface area contributed by atoms with E-state index in [1.165, 1.54) is 23.1 Å². The first kappa shape index (κ1) is 18.6. The molecule has 0 spiro atoms. The summed E-state index contributed by atoms with van der Waals surface area (Å²) < 4.78 is 23.4. The lowest BCUT2D eigenvalue weighted by atomic mass is 10.3. The van der Waals surface area contributed by atoms with E-state index < -0.39 is 9.84 Å². The van der Waals surface area contributed by atoms with Crippen LogP contribution in [-0.4, -0.2) is 59.8 Å². The summed E-state index contributed by atoms with van der Waals surface area (Å²) in [7, 11) is -3.01. The van der Waals surface area contributed by atoms with Crippen LogP contribution in [0.1, 0.15) is 32.6 Å². The van der Waals surface area contributed by atoms with Gasteiger partial charge in [0.25, 0.3) is 0 Å². The van der Waals surface area contributed by atoms with Gasteiger partial charge in [0.1, 0.15) is 0 Å². The fraction of sp³-hybridized carbons (Fsp3) is 0.714. The summed E-state index contributed by atoms with van der Waals surface area (Å²) in [5.41, 5.74) is 0. The highest BCUT2D eigenvalue weighted by Gasteiger charge is 2.35. The molecule has 2 heterocycles. The van der Waals surface area contributed by atoms with Crippen LogP contribution in [0.25, 0.3) is 0 Å². The van der Waals surface area contributed by atoms with Crippen LogP contribution in [0, 0.1) is 0 Å². The van der Waals surface area contributed by atoms with Gasteiger partial charge in [0, 0.05) is 18.5 Å². The average Bonchev–Trinajstić information content (AvgIpc) is 3.17. The number of aromatic nitrogens is 2. The summed E-state index contributed by atoms with van der Waals surface area (Å²) in [6.07, 6.45) is 2.86. The van der Waals surface area contributed by atoms with Crippen molar-refractivity contribution in [1.29, 1.82) is 0 Å². The minimum atomic E-state index is -3.01. The first-order valence-electron chi connectivity index (χ1n) is 8.16. The Labute approximate surface area is 154 Å². The molecular weight excluding hydrogens is 384 g/mol. The number of amides is 2. The number of nitrogens with zero attached hydrogens (tertiary/aromatic N) is 3. The molecule has 0 radical (unpaired) electrons. The molecule has 0 unspecified atom stereocenters. The van der Waals surface area contributed by atoms with Crippen LogP contribution in [0.5, 0.6) is 0 Å². The summed E-state index contributed by atoms with van der Waals surface area (Å²) in [5, 5.41) is 11.5. The smallest absolute Gasteiger partial charge is 0.230 e. The maximum absolute atomic E-state index is 12.1. The van der Waals surface area contributed by atoms with Gasteiger partial charge in [-0.2, -0.15) is 0 Å². The second kappa shape index (κ2) is 7.58. The molecule has 8 nitrogen and oxygen atoms in total. The third-order valence-corrected chi connectivity index (χ3v) is 7.83. The molecule has 1 N–H and O–H groups in total. The van der Waals surface area contributed by atoms with Crippen molar-refractivity contribution < 1.29 is 18.0 Å². The maximum Gasteiger partial charge on any atom is 0.230 e. The van der Waals surface area contributed by atoms with Gasteiger partial charge in [-0.1, -0.05) is 30.0 Å². The Morgan fingerprint density at radius 2 is 2.08 bits per heavy atom. The van der Waals surface area contributed by atoms with Crippen molar-refractivity contribution in [3.8, 4) is 0 Å². The zero-order chi connectivity index (χ0) is 18.0. The summed E-state index contributed by atoms with van der Waals surface area (Å²) in [4.78, 5) is 25.7. The highest BCUT2D eigenvalue weighted by Crippen LogP contribution is 2.36. The predicted molar refractivity (Wildman–Crippen MR) is 96.6 cm³/mol. The third kappa shape index (κ3) is 4.91. The van der Waals surface area contributed by atoms with Crippen molar-refractivity contribution in [2.24, 2.45) is 0 Å². The van der Waals surface area contributed by atoms with Gasteiger partial charge in [-0.05, 0) is 19.3 Å². The molecule has 11 heteroatoms. The van der Waals surface area contributed by atoms with Gasteiger partial charge in [0.2, 0.25) is 16.9 Å². The lowest BCUT2D eigenvalue weighted by Gasteiger charge is -2.17. The Morgan fingerprint density at radius 1 is 1.32 bits per heavy atom. The molecule has 138 valence electrons.